The summed E-state index contributed by atoms with van der Waals surface area (Å²) in [6, 6.07) is 9.77. The van der Waals surface area contributed by atoms with Crippen molar-refractivity contribution in [2.75, 3.05) is 13.7 Å². The molecule has 0 amide bonds. The van der Waals surface area contributed by atoms with Crippen molar-refractivity contribution in [1.29, 1.82) is 0 Å². The van der Waals surface area contributed by atoms with E-state index in [1.807, 2.05) is 6.92 Å². The highest BCUT2D eigenvalue weighted by Crippen LogP contribution is 2.29. The van der Waals surface area contributed by atoms with Gasteiger partial charge in [-0.25, -0.2) is 4.39 Å². The van der Waals surface area contributed by atoms with Crippen molar-refractivity contribution in [3.63, 3.8) is 0 Å². The van der Waals surface area contributed by atoms with Crippen LogP contribution in [0.2, 0.25) is 5.02 Å². The first-order chi connectivity index (χ1) is 12.5. The van der Waals surface area contributed by atoms with Gasteiger partial charge >= 0.3 is 0 Å². The first kappa shape index (κ1) is 19.9. The van der Waals surface area contributed by atoms with Crippen molar-refractivity contribution >= 4 is 35.1 Å². The minimum Gasteiger partial charge on any atom is -0.493 e. The molecule has 2 rings (SSSR count). The fourth-order valence-corrected chi connectivity index (χ4v) is 2.48. The van der Waals surface area contributed by atoms with Gasteiger partial charge in [-0.05, 0) is 55.0 Å². The monoisotopic (exact) mass is 395 g/mol. The van der Waals surface area contributed by atoms with Gasteiger partial charge in [0.15, 0.2) is 16.6 Å². The summed E-state index contributed by atoms with van der Waals surface area (Å²) < 4.78 is 24.8. The number of methoxy groups -OCH3 is 1. The zero-order valence-electron chi connectivity index (χ0n) is 14.4. The predicted molar refractivity (Wildman–Crippen MR) is 106 cm³/mol. The third-order valence-electron chi connectivity index (χ3n) is 3.34. The minimum absolute atomic E-state index is 0.00614. The van der Waals surface area contributed by atoms with Gasteiger partial charge in [-0.3, -0.25) is 5.43 Å². The lowest BCUT2D eigenvalue weighted by Gasteiger charge is -2.12. The van der Waals surface area contributed by atoms with Gasteiger partial charge < -0.3 is 14.8 Å². The zero-order chi connectivity index (χ0) is 18.9. The number of benzene rings is 2. The number of hydrogen-bond donors (Lipinski definition) is 2. The second kappa shape index (κ2) is 9.94. The Morgan fingerprint density at radius 3 is 2.81 bits per heavy atom. The van der Waals surface area contributed by atoms with E-state index < -0.39 is 5.82 Å². The van der Waals surface area contributed by atoms with Crippen LogP contribution in [0.25, 0.3) is 0 Å². The molecule has 0 aliphatic heterocycles. The SMILES string of the molecule is CCNC(=S)NN=Cc1ccc(OCc2c(F)cccc2Cl)c(OC)c1. The molecule has 0 bridgehead atoms. The van der Waals surface area contributed by atoms with E-state index in [0.29, 0.717) is 33.7 Å². The van der Waals surface area contributed by atoms with Crippen LogP contribution in [0.15, 0.2) is 41.5 Å². The molecule has 5 nitrogen and oxygen atoms in total. The second-order valence-corrected chi connectivity index (χ2v) is 5.94. The minimum atomic E-state index is -0.414. The Morgan fingerprint density at radius 2 is 2.12 bits per heavy atom. The van der Waals surface area contributed by atoms with Crippen molar-refractivity contribution in [2.24, 2.45) is 5.10 Å². The molecule has 2 aromatic carbocycles. The molecule has 0 atom stereocenters. The second-order valence-electron chi connectivity index (χ2n) is 5.13. The number of hydrazone groups is 1. The lowest BCUT2D eigenvalue weighted by atomic mass is 10.2. The van der Waals surface area contributed by atoms with Crippen molar-refractivity contribution in [2.45, 2.75) is 13.5 Å². The van der Waals surface area contributed by atoms with E-state index in [1.54, 1.807) is 36.5 Å². The molecular weight excluding hydrogens is 377 g/mol. The summed E-state index contributed by atoms with van der Waals surface area (Å²) in [5.41, 5.74) is 3.78. The van der Waals surface area contributed by atoms with Crippen LogP contribution >= 0.6 is 23.8 Å². The fourth-order valence-electron chi connectivity index (χ4n) is 2.07. The standard InChI is InChI=1S/C18H19ClFN3O2S/c1-3-21-18(26)23-22-10-12-7-8-16(17(9-12)24-2)25-11-13-14(19)5-4-6-15(13)20/h4-10H,3,11H2,1-2H3,(H2,21,23,26). The average Bonchev–Trinajstić information content (AvgIpc) is 2.62. The fraction of sp³-hybridized carbons (Fsp3) is 0.222. The van der Waals surface area contributed by atoms with Crippen LogP contribution in [0.3, 0.4) is 0 Å². The van der Waals surface area contributed by atoms with E-state index in [9.17, 15) is 4.39 Å². The summed E-state index contributed by atoms with van der Waals surface area (Å²) in [7, 11) is 1.53. The summed E-state index contributed by atoms with van der Waals surface area (Å²) in [4.78, 5) is 0. The highest BCUT2D eigenvalue weighted by atomic mass is 35.5. The molecule has 0 unspecified atom stereocenters. The molecule has 0 aliphatic rings. The molecule has 0 radical (unpaired) electrons. The first-order valence-corrected chi connectivity index (χ1v) is 8.64. The van der Waals surface area contributed by atoms with E-state index in [1.165, 1.54) is 13.2 Å². The summed E-state index contributed by atoms with van der Waals surface area (Å²) in [6.07, 6.45) is 1.60. The zero-order valence-corrected chi connectivity index (χ0v) is 16.0. The third-order valence-corrected chi connectivity index (χ3v) is 3.93. The number of rotatable bonds is 7. The van der Waals surface area contributed by atoms with Crippen LogP contribution in [-0.2, 0) is 6.61 Å². The van der Waals surface area contributed by atoms with Gasteiger partial charge in [0.1, 0.15) is 12.4 Å². The van der Waals surface area contributed by atoms with Crippen molar-refractivity contribution < 1.29 is 13.9 Å². The molecule has 0 saturated heterocycles. The summed E-state index contributed by atoms with van der Waals surface area (Å²) in [6.45, 7) is 2.65. The molecule has 8 heteroatoms. The Balaban J connectivity index is 2.06. The van der Waals surface area contributed by atoms with Gasteiger partial charge in [-0.15, -0.1) is 0 Å². The quantitative estimate of drug-likeness (QED) is 0.423. The average molecular weight is 396 g/mol. The van der Waals surface area contributed by atoms with Gasteiger partial charge in [0.05, 0.1) is 18.3 Å². The van der Waals surface area contributed by atoms with Gasteiger partial charge in [0.2, 0.25) is 0 Å². The molecule has 2 aromatic rings. The lowest BCUT2D eigenvalue weighted by Crippen LogP contribution is -2.31. The van der Waals surface area contributed by atoms with Crippen LogP contribution < -0.4 is 20.2 Å². The summed E-state index contributed by atoms with van der Waals surface area (Å²) in [5, 5.41) is 7.72. The van der Waals surface area contributed by atoms with Crippen LogP contribution in [0, 0.1) is 5.82 Å². The Kier molecular flexibility index (Phi) is 7.62. The maximum atomic E-state index is 13.8. The van der Waals surface area contributed by atoms with Gasteiger partial charge in [-0.2, -0.15) is 5.10 Å². The molecule has 0 saturated carbocycles. The Morgan fingerprint density at radius 1 is 1.31 bits per heavy atom. The first-order valence-electron chi connectivity index (χ1n) is 7.85. The molecular formula is C18H19ClFN3O2S. The number of hydrogen-bond acceptors (Lipinski definition) is 4. The van der Waals surface area contributed by atoms with Gasteiger partial charge in [0.25, 0.3) is 0 Å². The van der Waals surface area contributed by atoms with E-state index in [4.69, 9.17) is 33.3 Å². The lowest BCUT2D eigenvalue weighted by molar-refractivity contribution is 0.280. The smallest absolute Gasteiger partial charge is 0.186 e. The van der Waals surface area contributed by atoms with E-state index in [-0.39, 0.29) is 6.61 Å². The molecule has 0 aliphatic carbocycles. The maximum absolute atomic E-state index is 13.8. The van der Waals surface area contributed by atoms with Crippen LogP contribution in [0.1, 0.15) is 18.1 Å². The normalized spacial score (nSPS) is 10.6. The maximum Gasteiger partial charge on any atom is 0.186 e. The number of thiocarbonyl (C=S) groups is 1. The largest absolute Gasteiger partial charge is 0.493 e. The third kappa shape index (κ3) is 5.57. The van der Waals surface area contributed by atoms with Crippen molar-refractivity contribution in [3.05, 3.63) is 58.4 Å². The Labute approximate surface area is 162 Å². The number of ether oxygens (including phenoxy) is 2. The number of halogens is 2. The van der Waals surface area contributed by atoms with Crippen molar-refractivity contribution in [3.8, 4) is 11.5 Å². The highest BCUT2D eigenvalue weighted by molar-refractivity contribution is 7.80. The summed E-state index contributed by atoms with van der Waals surface area (Å²) >= 11 is 11.0. The molecule has 0 heterocycles. The summed E-state index contributed by atoms with van der Waals surface area (Å²) in [5.74, 6) is 0.554. The van der Waals surface area contributed by atoms with Gasteiger partial charge in [0, 0.05) is 12.1 Å². The van der Waals surface area contributed by atoms with Crippen molar-refractivity contribution in [1.82, 2.24) is 10.7 Å². The van der Waals surface area contributed by atoms with Crippen LogP contribution in [-0.4, -0.2) is 25.0 Å². The number of nitrogens with one attached hydrogen (secondary N) is 2. The molecule has 0 aromatic heterocycles. The topological polar surface area (TPSA) is 54.9 Å². The highest BCUT2D eigenvalue weighted by Gasteiger charge is 2.10. The predicted octanol–water partition coefficient (Wildman–Crippen LogP) is 3.88. The molecule has 26 heavy (non-hydrogen) atoms. The Bertz CT molecular complexity index is 782. The molecule has 138 valence electrons. The molecule has 0 fully saturated rings. The molecule has 0 spiro atoms. The van der Waals surface area contributed by atoms with E-state index >= 15 is 0 Å². The van der Waals surface area contributed by atoms with Crippen LogP contribution in [0.4, 0.5) is 4.39 Å². The van der Waals surface area contributed by atoms with Crippen LogP contribution in [0.5, 0.6) is 11.5 Å². The number of nitrogens with zero attached hydrogens (tertiary/aromatic N) is 1. The van der Waals surface area contributed by atoms with Gasteiger partial charge in [-0.1, -0.05) is 17.7 Å². The Hall–Kier alpha value is -2.38. The van der Waals surface area contributed by atoms with E-state index in [2.05, 4.69) is 15.8 Å². The van der Waals surface area contributed by atoms with E-state index in [0.717, 1.165) is 5.56 Å². The molecule has 2 N–H and O–H groups in total.